The quantitative estimate of drug-likeness (QED) is 0.719. The Labute approximate surface area is 169 Å². The molecule has 0 aromatic carbocycles. The summed E-state index contributed by atoms with van der Waals surface area (Å²) in [5.74, 6) is 1.78. The van der Waals surface area contributed by atoms with Crippen LogP contribution < -0.4 is 5.56 Å². The Kier molecular flexibility index (Phi) is 6.26. The van der Waals surface area contributed by atoms with Gasteiger partial charge in [0.1, 0.15) is 11.2 Å². The molecule has 1 N–H and O–H groups in total. The predicted octanol–water partition coefficient (Wildman–Crippen LogP) is 1.79. The minimum absolute atomic E-state index is 0.136. The van der Waals surface area contributed by atoms with E-state index in [-0.39, 0.29) is 5.56 Å². The summed E-state index contributed by atoms with van der Waals surface area (Å²) < 4.78 is 7.14. The maximum absolute atomic E-state index is 11.5. The van der Waals surface area contributed by atoms with Crippen LogP contribution in [0.15, 0.2) is 35.8 Å². The molecular formula is C20H27N7O2. The van der Waals surface area contributed by atoms with Crippen molar-refractivity contribution in [2.24, 2.45) is 5.92 Å². The molecular weight excluding hydrogens is 370 g/mol. The zero-order valence-electron chi connectivity index (χ0n) is 16.7. The third kappa shape index (κ3) is 4.86. The van der Waals surface area contributed by atoms with Gasteiger partial charge in [0.25, 0.3) is 5.56 Å². The molecule has 3 aromatic heterocycles. The third-order valence-corrected chi connectivity index (χ3v) is 5.43. The van der Waals surface area contributed by atoms with Crippen LogP contribution >= 0.6 is 0 Å². The lowest BCUT2D eigenvalue weighted by atomic mass is 10.1. The summed E-state index contributed by atoms with van der Waals surface area (Å²) >= 11 is 0. The molecule has 9 nitrogen and oxygen atoms in total. The van der Waals surface area contributed by atoms with Crippen molar-refractivity contribution in [3.8, 4) is 0 Å². The van der Waals surface area contributed by atoms with Gasteiger partial charge in [-0.15, -0.1) is 0 Å². The number of fused-ring (bicyclic) bond motifs is 1. The molecule has 0 spiro atoms. The van der Waals surface area contributed by atoms with Gasteiger partial charge < -0.3 is 9.72 Å². The Morgan fingerprint density at radius 1 is 1.17 bits per heavy atom. The summed E-state index contributed by atoms with van der Waals surface area (Å²) in [4.78, 5) is 29.1. The summed E-state index contributed by atoms with van der Waals surface area (Å²) in [7, 11) is 0. The summed E-state index contributed by atoms with van der Waals surface area (Å²) in [5.41, 5.74) is 0.527. The van der Waals surface area contributed by atoms with Crippen molar-refractivity contribution in [2.75, 3.05) is 26.3 Å². The first-order valence-electron chi connectivity index (χ1n) is 10.2. The van der Waals surface area contributed by atoms with Gasteiger partial charge in [0.2, 0.25) is 0 Å². The molecule has 2 aliphatic rings. The largest absolute Gasteiger partial charge is 0.381 e. The van der Waals surface area contributed by atoms with Crippen LogP contribution in [0.2, 0.25) is 0 Å². The highest BCUT2D eigenvalue weighted by molar-refractivity contribution is 5.72. The van der Waals surface area contributed by atoms with E-state index in [1.807, 2.05) is 23.1 Å². The molecule has 0 saturated carbocycles. The van der Waals surface area contributed by atoms with E-state index in [0.29, 0.717) is 17.1 Å². The van der Waals surface area contributed by atoms with Crippen LogP contribution in [0.25, 0.3) is 11.0 Å². The molecule has 0 amide bonds. The molecule has 154 valence electrons. The SMILES string of the molecule is CC1CCN(Cc2ncccn2)C1.O=c1[nH]cnc2c1cnn2C1CCOCC1. The highest BCUT2D eigenvalue weighted by atomic mass is 16.5. The third-order valence-electron chi connectivity index (χ3n) is 5.43. The van der Waals surface area contributed by atoms with Crippen LogP contribution in [0.1, 0.15) is 38.1 Å². The van der Waals surface area contributed by atoms with E-state index in [1.165, 1.54) is 25.8 Å². The Hall–Kier alpha value is -2.65. The first kappa shape index (κ1) is 19.7. The molecule has 5 heterocycles. The molecule has 2 saturated heterocycles. The second kappa shape index (κ2) is 9.23. The fourth-order valence-electron chi connectivity index (χ4n) is 3.85. The Balaban J connectivity index is 0.000000145. The molecule has 2 fully saturated rings. The fraction of sp³-hybridized carbons (Fsp3) is 0.550. The Bertz CT molecular complexity index is 966. The van der Waals surface area contributed by atoms with Crippen molar-refractivity contribution in [3.05, 3.63) is 47.2 Å². The highest BCUT2D eigenvalue weighted by Crippen LogP contribution is 2.22. The molecule has 0 aliphatic carbocycles. The molecule has 9 heteroatoms. The van der Waals surface area contributed by atoms with E-state index in [2.05, 4.69) is 36.9 Å². The van der Waals surface area contributed by atoms with E-state index in [0.717, 1.165) is 44.3 Å². The average molecular weight is 397 g/mol. The van der Waals surface area contributed by atoms with Gasteiger partial charge in [-0.05, 0) is 37.8 Å². The number of nitrogens with zero attached hydrogens (tertiary/aromatic N) is 6. The van der Waals surface area contributed by atoms with Crippen molar-refractivity contribution in [3.63, 3.8) is 0 Å². The topological polar surface area (TPSA) is 102 Å². The number of H-pyrrole nitrogens is 1. The van der Waals surface area contributed by atoms with Crippen LogP contribution in [0, 0.1) is 5.92 Å². The van der Waals surface area contributed by atoms with Crippen molar-refractivity contribution >= 4 is 11.0 Å². The van der Waals surface area contributed by atoms with Gasteiger partial charge in [-0.25, -0.2) is 19.6 Å². The first-order valence-corrected chi connectivity index (χ1v) is 10.2. The van der Waals surface area contributed by atoms with Gasteiger partial charge in [0.15, 0.2) is 5.65 Å². The van der Waals surface area contributed by atoms with Crippen molar-refractivity contribution in [2.45, 2.75) is 38.8 Å². The number of hydrogen-bond donors (Lipinski definition) is 1. The molecule has 29 heavy (non-hydrogen) atoms. The van der Waals surface area contributed by atoms with Crippen molar-refractivity contribution in [1.29, 1.82) is 0 Å². The van der Waals surface area contributed by atoms with E-state index in [1.54, 1.807) is 6.20 Å². The Morgan fingerprint density at radius 3 is 2.69 bits per heavy atom. The van der Waals surface area contributed by atoms with E-state index in [9.17, 15) is 4.79 Å². The maximum atomic E-state index is 11.5. The average Bonchev–Trinajstić information content (AvgIpc) is 3.37. The maximum Gasteiger partial charge on any atom is 0.261 e. The van der Waals surface area contributed by atoms with Crippen LogP contribution in [-0.2, 0) is 11.3 Å². The van der Waals surface area contributed by atoms with E-state index < -0.39 is 0 Å². The van der Waals surface area contributed by atoms with Gasteiger partial charge in [-0.2, -0.15) is 5.10 Å². The normalized spacial score (nSPS) is 20.5. The standard InChI is InChI=1S/C10H12N4O2.C10H15N3/c15-10-8-5-13-14(9(8)11-6-12-10)7-1-3-16-4-2-7;1-9-3-6-13(7-9)8-10-11-4-2-5-12-10/h5-7H,1-4H2,(H,11,12,15);2,4-5,9H,3,6-8H2,1H3. The first-order chi connectivity index (χ1) is 14.2. The number of rotatable bonds is 3. The number of aromatic nitrogens is 6. The molecule has 5 rings (SSSR count). The smallest absolute Gasteiger partial charge is 0.261 e. The summed E-state index contributed by atoms with van der Waals surface area (Å²) in [6.45, 7) is 7.08. The lowest BCUT2D eigenvalue weighted by Crippen LogP contribution is -2.21. The monoisotopic (exact) mass is 397 g/mol. The minimum Gasteiger partial charge on any atom is -0.381 e. The molecule has 3 aromatic rings. The van der Waals surface area contributed by atoms with Crippen LogP contribution in [0.3, 0.4) is 0 Å². The molecule has 0 bridgehead atoms. The number of nitrogens with one attached hydrogen (secondary N) is 1. The lowest BCUT2D eigenvalue weighted by Gasteiger charge is -2.22. The second-order valence-corrected chi connectivity index (χ2v) is 7.70. The number of aromatic amines is 1. The van der Waals surface area contributed by atoms with Gasteiger partial charge in [-0.1, -0.05) is 6.92 Å². The highest BCUT2D eigenvalue weighted by Gasteiger charge is 2.20. The van der Waals surface area contributed by atoms with Crippen LogP contribution in [0.4, 0.5) is 0 Å². The Morgan fingerprint density at radius 2 is 1.97 bits per heavy atom. The summed E-state index contributed by atoms with van der Waals surface area (Å²) in [5, 5.41) is 4.81. The van der Waals surface area contributed by atoms with Crippen LogP contribution in [0.5, 0.6) is 0 Å². The fourth-order valence-corrected chi connectivity index (χ4v) is 3.85. The second-order valence-electron chi connectivity index (χ2n) is 7.70. The zero-order chi connectivity index (χ0) is 20.1. The van der Waals surface area contributed by atoms with Crippen LogP contribution in [-0.4, -0.2) is 60.9 Å². The van der Waals surface area contributed by atoms with Gasteiger partial charge in [0.05, 0.1) is 25.1 Å². The molecule has 1 atom stereocenters. The minimum atomic E-state index is -0.136. The number of likely N-dealkylation sites (tertiary alicyclic amines) is 1. The van der Waals surface area contributed by atoms with Crippen molar-refractivity contribution in [1.82, 2.24) is 34.6 Å². The predicted molar refractivity (Wildman–Crippen MR) is 108 cm³/mol. The van der Waals surface area contributed by atoms with Gasteiger partial charge >= 0.3 is 0 Å². The van der Waals surface area contributed by atoms with E-state index in [4.69, 9.17) is 4.74 Å². The van der Waals surface area contributed by atoms with Gasteiger partial charge in [-0.3, -0.25) is 9.69 Å². The molecule has 0 radical (unpaired) electrons. The van der Waals surface area contributed by atoms with E-state index >= 15 is 0 Å². The van der Waals surface area contributed by atoms with Crippen molar-refractivity contribution < 1.29 is 4.74 Å². The number of hydrogen-bond acceptors (Lipinski definition) is 7. The van der Waals surface area contributed by atoms with Gasteiger partial charge in [0, 0.05) is 32.2 Å². The molecule has 1 unspecified atom stereocenters. The summed E-state index contributed by atoms with van der Waals surface area (Å²) in [6, 6.07) is 2.15. The zero-order valence-corrected chi connectivity index (χ0v) is 16.7. The number of ether oxygens (including phenoxy) is 1. The molecule has 2 aliphatic heterocycles. The summed E-state index contributed by atoms with van der Waals surface area (Å²) in [6.07, 6.45) is 9.77. The lowest BCUT2D eigenvalue weighted by molar-refractivity contribution is 0.0673.